The SMILES string of the molecule is CC1=C(CN2CCC(C(=O)NCCCN3CCC[C@@H](C)C3)CC2)NC(c2c(C)cccc2Cl)O1. The summed E-state index contributed by atoms with van der Waals surface area (Å²) in [4.78, 5) is 17.6. The van der Waals surface area contributed by atoms with Crippen LogP contribution < -0.4 is 10.6 Å². The summed E-state index contributed by atoms with van der Waals surface area (Å²) in [7, 11) is 0. The van der Waals surface area contributed by atoms with E-state index >= 15 is 0 Å². The summed E-state index contributed by atoms with van der Waals surface area (Å²) in [5, 5.41) is 7.45. The van der Waals surface area contributed by atoms with Crippen LogP contribution >= 0.6 is 11.6 Å². The number of halogens is 1. The molecule has 7 heteroatoms. The highest BCUT2D eigenvalue weighted by Gasteiger charge is 2.30. The lowest BCUT2D eigenvalue weighted by atomic mass is 9.95. The van der Waals surface area contributed by atoms with Crippen LogP contribution in [-0.4, -0.2) is 61.5 Å². The molecule has 3 aliphatic rings. The molecule has 3 heterocycles. The summed E-state index contributed by atoms with van der Waals surface area (Å²) in [6, 6.07) is 5.93. The van der Waals surface area contributed by atoms with Gasteiger partial charge in [-0.05, 0) is 89.7 Å². The molecular weight excluding hydrogens is 448 g/mol. The van der Waals surface area contributed by atoms with Crippen molar-refractivity contribution in [1.29, 1.82) is 0 Å². The van der Waals surface area contributed by atoms with Crippen molar-refractivity contribution in [1.82, 2.24) is 20.4 Å². The van der Waals surface area contributed by atoms with Gasteiger partial charge in [-0.2, -0.15) is 0 Å². The van der Waals surface area contributed by atoms with Crippen LogP contribution in [0.15, 0.2) is 29.7 Å². The Balaban J connectivity index is 1.16. The minimum atomic E-state index is -0.236. The van der Waals surface area contributed by atoms with Crippen molar-refractivity contribution in [2.45, 2.75) is 59.1 Å². The predicted octanol–water partition coefficient (Wildman–Crippen LogP) is 4.45. The van der Waals surface area contributed by atoms with Crippen LogP contribution in [0.5, 0.6) is 0 Å². The highest BCUT2D eigenvalue weighted by atomic mass is 35.5. The smallest absolute Gasteiger partial charge is 0.223 e. The van der Waals surface area contributed by atoms with Gasteiger partial charge in [-0.25, -0.2) is 0 Å². The minimum Gasteiger partial charge on any atom is -0.469 e. The van der Waals surface area contributed by atoms with Gasteiger partial charge in [-0.15, -0.1) is 0 Å². The van der Waals surface area contributed by atoms with Gasteiger partial charge in [-0.3, -0.25) is 9.69 Å². The number of nitrogens with one attached hydrogen (secondary N) is 2. The van der Waals surface area contributed by atoms with E-state index in [0.29, 0.717) is 0 Å². The molecule has 1 aromatic carbocycles. The highest BCUT2D eigenvalue weighted by molar-refractivity contribution is 6.31. The quantitative estimate of drug-likeness (QED) is 0.529. The first-order valence-corrected chi connectivity index (χ1v) is 13.4. The van der Waals surface area contributed by atoms with Crippen LogP contribution in [-0.2, 0) is 9.53 Å². The molecule has 2 fully saturated rings. The summed E-state index contributed by atoms with van der Waals surface area (Å²) in [6.45, 7) is 13.4. The molecule has 4 rings (SSSR count). The number of carbonyl (C=O) groups is 1. The lowest BCUT2D eigenvalue weighted by Crippen LogP contribution is -2.42. The van der Waals surface area contributed by atoms with Crippen molar-refractivity contribution in [3.8, 4) is 0 Å². The molecule has 0 bridgehead atoms. The average Bonchev–Trinajstić information content (AvgIpc) is 3.16. The van der Waals surface area contributed by atoms with E-state index < -0.39 is 0 Å². The Labute approximate surface area is 210 Å². The van der Waals surface area contributed by atoms with E-state index in [1.807, 2.05) is 19.1 Å². The molecule has 2 atom stereocenters. The number of piperidine rings is 2. The van der Waals surface area contributed by atoms with Crippen molar-refractivity contribution in [2.75, 3.05) is 45.8 Å². The standard InChI is InChI=1S/C27H41ClN4O2/c1-19-7-5-13-31(17-19)14-6-12-29-26(33)22-10-15-32(16-11-22)18-24-21(3)34-27(30-24)25-20(2)8-4-9-23(25)28/h4,8-9,19,22,27,30H,5-7,10-18H2,1-3H3,(H,29,33)/t19-,27?/m1/s1. The molecule has 0 spiro atoms. The Bertz CT molecular complexity index is 861. The normalized spacial score (nSPS) is 24.7. The number of benzene rings is 1. The molecule has 2 saturated heterocycles. The number of aryl methyl sites for hydroxylation is 1. The third-order valence-corrected chi connectivity index (χ3v) is 7.92. The first kappa shape index (κ1) is 25.3. The van der Waals surface area contributed by atoms with E-state index in [2.05, 4.69) is 40.3 Å². The lowest BCUT2D eigenvalue weighted by Gasteiger charge is -2.32. The Kier molecular flexibility index (Phi) is 8.78. The predicted molar refractivity (Wildman–Crippen MR) is 137 cm³/mol. The molecule has 0 radical (unpaired) electrons. The zero-order valence-corrected chi connectivity index (χ0v) is 21.8. The van der Waals surface area contributed by atoms with Crippen molar-refractivity contribution < 1.29 is 9.53 Å². The van der Waals surface area contributed by atoms with E-state index in [0.717, 1.165) is 85.5 Å². The maximum Gasteiger partial charge on any atom is 0.223 e. The van der Waals surface area contributed by atoms with Crippen molar-refractivity contribution >= 4 is 17.5 Å². The highest BCUT2D eigenvalue weighted by Crippen LogP contribution is 2.34. The molecule has 34 heavy (non-hydrogen) atoms. The molecule has 6 nitrogen and oxygen atoms in total. The number of likely N-dealkylation sites (tertiary alicyclic amines) is 2. The van der Waals surface area contributed by atoms with Gasteiger partial charge >= 0.3 is 0 Å². The molecule has 0 saturated carbocycles. The molecule has 2 N–H and O–H groups in total. The number of hydrogen-bond donors (Lipinski definition) is 2. The molecular formula is C27H41ClN4O2. The van der Waals surface area contributed by atoms with Gasteiger partial charge in [-0.1, -0.05) is 30.7 Å². The molecule has 0 aliphatic carbocycles. The van der Waals surface area contributed by atoms with Gasteiger partial charge in [0.1, 0.15) is 5.76 Å². The first-order valence-electron chi connectivity index (χ1n) is 13.0. The number of carbonyl (C=O) groups excluding carboxylic acids is 1. The number of ether oxygens (including phenoxy) is 1. The Morgan fingerprint density at radius 3 is 2.71 bits per heavy atom. The molecule has 188 valence electrons. The van der Waals surface area contributed by atoms with Crippen LogP contribution in [0.25, 0.3) is 0 Å². The van der Waals surface area contributed by atoms with Crippen LogP contribution in [0.2, 0.25) is 5.02 Å². The molecule has 1 aromatic rings. The van der Waals surface area contributed by atoms with Crippen molar-refractivity contribution in [3.63, 3.8) is 0 Å². The summed E-state index contributed by atoms with van der Waals surface area (Å²) in [6.07, 6.45) is 5.30. The largest absolute Gasteiger partial charge is 0.469 e. The zero-order valence-electron chi connectivity index (χ0n) is 21.0. The average molecular weight is 489 g/mol. The van der Waals surface area contributed by atoms with Crippen LogP contribution in [0.4, 0.5) is 0 Å². The summed E-state index contributed by atoms with van der Waals surface area (Å²) in [5.74, 6) is 2.10. The molecule has 1 unspecified atom stereocenters. The van der Waals surface area contributed by atoms with Crippen molar-refractivity contribution in [3.05, 3.63) is 45.8 Å². The third-order valence-electron chi connectivity index (χ3n) is 7.59. The maximum atomic E-state index is 12.7. The second-order valence-corrected chi connectivity index (χ2v) is 10.8. The first-order chi connectivity index (χ1) is 16.4. The van der Waals surface area contributed by atoms with E-state index in [-0.39, 0.29) is 18.1 Å². The van der Waals surface area contributed by atoms with Gasteiger partial charge in [0.25, 0.3) is 0 Å². The second kappa shape index (κ2) is 11.8. The summed E-state index contributed by atoms with van der Waals surface area (Å²) >= 11 is 6.44. The fourth-order valence-electron chi connectivity index (χ4n) is 5.53. The number of hydrogen-bond acceptors (Lipinski definition) is 5. The van der Waals surface area contributed by atoms with Gasteiger partial charge < -0.3 is 20.3 Å². The molecule has 1 amide bonds. The van der Waals surface area contributed by atoms with Crippen LogP contribution in [0.1, 0.15) is 63.3 Å². The van der Waals surface area contributed by atoms with E-state index in [1.165, 1.54) is 25.9 Å². The molecule has 3 aliphatic heterocycles. The van der Waals surface area contributed by atoms with Gasteiger partial charge in [0.2, 0.25) is 5.91 Å². The molecule has 0 aromatic heterocycles. The number of nitrogens with zero attached hydrogens (tertiary/aromatic N) is 2. The summed E-state index contributed by atoms with van der Waals surface area (Å²) in [5.41, 5.74) is 3.24. The minimum absolute atomic E-state index is 0.132. The topological polar surface area (TPSA) is 56.8 Å². The van der Waals surface area contributed by atoms with E-state index in [9.17, 15) is 4.79 Å². The summed E-state index contributed by atoms with van der Waals surface area (Å²) < 4.78 is 6.12. The van der Waals surface area contributed by atoms with Gasteiger partial charge in [0, 0.05) is 36.1 Å². The Hall–Kier alpha value is -1.76. The zero-order chi connectivity index (χ0) is 24.1. The van der Waals surface area contributed by atoms with Gasteiger partial charge in [0.05, 0.1) is 5.70 Å². The van der Waals surface area contributed by atoms with Crippen LogP contribution in [0.3, 0.4) is 0 Å². The van der Waals surface area contributed by atoms with Gasteiger partial charge in [0.15, 0.2) is 6.23 Å². The Morgan fingerprint density at radius 1 is 1.18 bits per heavy atom. The number of allylic oxidation sites excluding steroid dienone is 1. The van der Waals surface area contributed by atoms with E-state index in [1.54, 1.807) is 0 Å². The maximum absolute atomic E-state index is 12.7. The number of rotatable bonds is 8. The second-order valence-electron chi connectivity index (χ2n) is 10.4. The Morgan fingerprint density at radius 2 is 1.97 bits per heavy atom. The van der Waals surface area contributed by atoms with E-state index in [4.69, 9.17) is 16.3 Å². The van der Waals surface area contributed by atoms with Crippen LogP contribution in [0, 0.1) is 18.8 Å². The van der Waals surface area contributed by atoms with Crippen molar-refractivity contribution in [2.24, 2.45) is 11.8 Å². The third kappa shape index (κ3) is 6.46. The fraction of sp³-hybridized carbons (Fsp3) is 0.667. The lowest BCUT2D eigenvalue weighted by molar-refractivity contribution is -0.126. The monoisotopic (exact) mass is 488 g/mol. The number of amides is 1. The fourth-order valence-corrected chi connectivity index (χ4v) is 5.85.